The summed E-state index contributed by atoms with van der Waals surface area (Å²) in [5.74, 6) is 1.43. The van der Waals surface area contributed by atoms with Gasteiger partial charge in [0.05, 0.1) is 0 Å². The third-order valence-corrected chi connectivity index (χ3v) is 3.44. The number of allylic oxidation sites excluding steroid dienone is 1. The van der Waals surface area contributed by atoms with Crippen molar-refractivity contribution in [1.29, 1.82) is 0 Å². The molecule has 2 unspecified atom stereocenters. The zero-order valence-corrected chi connectivity index (χ0v) is 13.5. The molecule has 0 heteroatoms. The summed E-state index contributed by atoms with van der Waals surface area (Å²) in [5.41, 5.74) is 2.22. The molecule has 0 bridgehead atoms. The molecule has 0 N–H and O–H groups in total. The van der Waals surface area contributed by atoms with Crippen LogP contribution in [0, 0.1) is 22.7 Å². The maximum absolute atomic E-state index is 4.39. The van der Waals surface area contributed by atoms with Crippen molar-refractivity contribution < 1.29 is 0 Å². The molecule has 0 aromatic heterocycles. The summed E-state index contributed by atoms with van der Waals surface area (Å²) in [5, 5.41) is 0. The van der Waals surface area contributed by atoms with Crippen LogP contribution in [0.3, 0.4) is 0 Å². The average molecular weight is 238 g/mol. The number of rotatable bonds is 5. The first kappa shape index (κ1) is 16.7. The quantitative estimate of drug-likeness (QED) is 0.509. The van der Waals surface area contributed by atoms with E-state index in [0.29, 0.717) is 16.7 Å². The molecule has 0 aliphatic rings. The van der Waals surface area contributed by atoms with Gasteiger partial charge in [-0.1, -0.05) is 74.0 Å². The summed E-state index contributed by atoms with van der Waals surface area (Å²) < 4.78 is 0. The first-order valence-electron chi connectivity index (χ1n) is 7.14. The second-order valence-corrected chi connectivity index (χ2v) is 8.15. The molecule has 17 heavy (non-hydrogen) atoms. The average Bonchev–Trinajstić information content (AvgIpc) is 2.08. The molecule has 0 rings (SSSR count). The number of hydrogen-bond donors (Lipinski definition) is 0. The minimum atomic E-state index is 0.362. The molecular weight excluding hydrogens is 204 g/mol. The summed E-state index contributed by atoms with van der Waals surface area (Å²) >= 11 is 0. The molecule has 0 amide bonds. The van der Waals surface area contributed by atoms with Gasteiger partial charge in [0.1, 0.15) is 0 Å². The van der Waals surface area contributed by atoms with Crippen LogP contribution in [0.15, 0.2) is 12.2 Å². The van der Waals surface area contributed by atoms with E-state index in [1.54, 1.807) is 0 Å². The zero-order chi connectivity index (χ0) is 13.9. The van der Waals surface area contributed by atoms with E-state index in [1.165, 1.54) is 18.4 Å². The molecule has 0 aromatic carbocycles. The van der Waals surface area contributed by atoms with Gasteiger partial charge in [-0.2, -0.15) is 0 Å². The first-order valence-corrected chi connectivity index (χ1v) is 7.14. The monoisotopic (exact) mass is 238 g/mol. The summed E-state index contributed by atoms with van der Waals surface area (Å²) in [6.45, 7) is 23.0. The minimum absolute atomic E-state index is 0.362. The van der Waals surface area contributed by atoms with Crippen LogP contribution in [0.1, 0.15) is 74.7 Å². The van der Waals surface area contributed by atoms with Crippen LogP contribution in [0.4, 0.5) is 0 Å². The largest absolute Gasteiger partial charge is 0.0996 e. The van der Waals surface area contributed by atoms with E-state index in [0.717, 1.165) is 12.3 Å². The number of hydrogen-bond acceptors (Lipinski definition) is 0. The van der Waals surface area contributed by atoms with Gasteiger partial charge < -0.3 is 0 Å². The first-order chi connectivity index (χ1) is 7.46. The van der Waals surface area contributed by atoms with Crippen LogP contribution in [-0.4, -0.2) is 0 Å². The lowest BCUT2D eigenvalue weighted by Crippen LogP contribution is -2.23. The van der Waals surface area contributed by atoms with Gasteiger partial charge in [0, 0.05) is 0 Å². The smallest absolute Gasteiger partial charge is 0.0175 e. The van der Waals surface area contributed by atoms with Crippen LogP contribution >= 0.6 is 0 Å². The molecule has 0 saturated carbocycles. The normalized spacial score (nSPS) is 16.7. The minimum Gasteiger partial charge on any atom is -0.0996 e. The van der Waals surface area contributed by atoms with E-state index in [-0.39, 0.29) is 0 Å². The van der Waals surface area contributed by atoms with Crippen LogP contribution in [-0.2, 0) is 0 Å². The maximum Gasteiger partial charge on any atom is -0.0175 e. The van der Waals surface area contributed by atoms with Crippen molar-refractivity contribution in [3.8, 4) is 0 Å². The summed E-state index contributed by atoms with van der Waals surface area (Å²) in [6, 6.07) is 0. The van der Waals surface area contributed by atoms with Crippen molar-refractivity contribution in [2.24, 2.45) is 22.7 Å². The van der Waals surface area contributed by atoms with Crippen molar-refractivity contribution in [1.82, 2.24) is 0 Å². The Labute approximate surface area is 110 Å². The van der Waals surface area contributed by atoms with Gasteiger partial charge in [-0.25, -0.2) is 0 Å². The van der Waals surface area contributed by atoms with Crippen molar-refractivity contribution in [2.45, 2.75) is 74.7 Å². The Kier molecular flexibility index (Phi) is 5.98. The Bertz CT molecular complexity index is 234. The molecular formula is C17H34. The predicted molar refractivity (Wildman–Crippen MR) is 80.2 cm³/mol. The molecule has 0 aromatic rings. The Balaban J connectivity index is 4.75. The van der Waals surface area contributed by atoms with E-state index in [2.05, 4.69) is 62.0 Å². The summed E-state index contributed by atoms with van der Waals surface area (Å²) in [7, 11) is 0. The Morgan fingerprint density at radius 3 is 1.76 bits per heavy atom. The third-order valence-electron chi connectivity index (χ3n) is 3.44. The van der Waals surface area contributed by atoms with Gasteiger partial charge in [0.2, 0.25) is 0 Å². The Morgan fingerprint density at radius 1 is 1.00 bits per heavy atom. The molecule has 0 heterocycles. The fraction of sp³-hybridized carbons (Fsp3) is 0.882. The lowest BCUT2D eigenvalue weighted by atomic mass is 9.71. The summed E-state index contributed by atoms with van der Waals surface area (Å²) in [6.07, 6.45) is 3.67. The van der Waals surface area contributed by atoms with Crippen molar-refractivity contribution >= 4 is 0 Å². The van der Waals surface area contributed by atoms with E-state index < -0.39 is 0 Å². The van der Waals surface area contributed by atoms with E-state index in [4.69, 9.17) is 0 Å². The van der Waals surface area contributed by atoms with Crippen molar-refractivity contribution in [3.63, 3.8) is 0 Å². The topological polar surface area (TPSA) is 0 Å². The van der Waals surface area contributed by atoms with Gasteiger partial charge in [0.25, 0.3) is 0 Å². The highest BCUT2D eigenvalue weighted by Crippen LogP contribution is 2.38. The second kappa shape index (κ2) is 6.07. The molecule has 2 atom stereocenters. The highest BCUT2D eigenvalue weighted by molar-refractivity contribution is 5.05. The molecule has 0 saturated heterocycles. The molecule has 0 fully saturated rings. The van der Waals surface area contributed by atoms with E-state index >= 15 is 0 Å². The predicted octanol–water partition coefficient (Wildman–Crippen LogP) is 6.08. The fourth-order valence-electron chi connectivity index (χ4n) is 2.50. The van der Waals surface area contributed by atoms with Crippen LogP contribution in [0.25, 0.3) is 0 Å². The second-order valence-electron chi connectivity index (χ2n) is 8.15. The molecule has 0 spiro atoms. The van der Waals surface area contributed by atoms with Gasteiger partial charge >= 0.3 is 0 Å². The lowest BCUT2D eigenvalue weighted by molar-refractivity contribution is 0.243. The van der Waals surface area contributed by atoms with Gasteiger partial charge in [-0.3, -0.25) is 0 Å². The highest BCUT2D eigenvalue weighted by atomic mass is 14.3. The van der Waals surface area contributed by atoms with Crippen molar-refractivity contribution in [3.05, 3.63) is 12.2 Å². The molecule has 0 nitrogen and oxygen atoms in total. The maximum atomic E-state index is 4.39. The molecule has 0 radical (unpaired) electrons. The third kappa shape index (κ3) is 7.63. The van der Waals surface area contributed by atoms with E-state index in [1.807, 2.05) is 0 Å². The van der Waals surface area contributed by atoms with Gasteiger partial charge in [-0.05, 0) is 35.5 Å². The molecule has 0 aliphatic carbocycles. The van der Waals surface area contributed by atoms with Crippen molar-refractivity contribution in [2.75, 3.05) is 0 Å². The van der Waals surface area contributed by atoms with Crippen LogP contribution in [0.2, 0.25) is 0 Å². The Morgan fingerprint density at radius 2 is 1.47 bits per heavy atom. The highest BCUT2D eigenvalue weighted by Gasteiger charge is 2.27. The standard InChI is InChI=1S/C17H34/c1-10-13(2)15(12-17(7,8)9)14(3)11-16(4,5)6/h13,15H,3,10-12H2,1-2,4-9H3. The molecule has 102 valence electrons. The Hall–Kier alpha value is -0.260. The zero-order valence-electron chi connectivity index (χ0n) is 13.5. The van der Waals surface area contributed by atoms with Gasteiger partial charge in [0.15, 0.2) is 0 Å². The van der Waals surface area contributed by atoms with Crippen LogP contribution < -0.4 is 0 Å². The SMILES string of the molecule is C=C(CC(C)(C)C)C(CC(C)(C)C)C(C)CC. The van der Waals surface area contributed by atoms with Crippen LogP contribution in [0.5, 0.6) is 0 Å². The lowest BCUT2D eigenvalue weighted by Gasteiger charge is -2.34. The van der Waals surface area contributed by atoms with E-state index in [9.17, 15) is 0 Å². The summed E-state index contributed by atoms with van der Waals surface area (Å²) in [4.78, 5) is 0. The van der Waals surface area contributed by atoms with Gasteiger partial charge in [-0.15, -0.1) is 0 Å². The molecule has 0 aliphatic heterocycles. The fourth-order valence-corrected chi connectivity index (χ4v) is 2.50.